The van der Waals surface area contributed by atoms with Gasteiger partial charge in [0, 0.05) is 21.7 Å². The molecule has 3 aromatic rings. The monoisotopic (exact) mass is 394 g/mol. The van der Waals surface area contributed by atoms with E-state index in [0.29, 0.717) is 27.6 Å². The number of hydrazone groups is 1. The Hall–Kier alpha value is -3.31. The van der Waals surface area contributed by atoms with Crippen molar-refractivity contribution in [2.45, 2.75) is 6.61 Å². The Balaban J connectivity index is 1.75. The smallest absolute Gasteiger partial charge is 0.271 e. The molecule has 6 heteroatoms. The van der Waals surface area contributed by atoms with Gasteiger partial charge in [-0.2, -0.15) is 5.10 Å². The number of rotatable bonds is 7. The van der Waals surface area contributed by atoms with Gasteiger partial charge in [-0.15, -0.1) is 0 Å². The second-order valence-corrected chi connectivity index (χ2v) is 6.23. The van der Waals surface area contributed by atoms with Crippen molar-refractivity contribution in [3.8, 4) is 11.5 Å². The van der Waals surface area contributed by atoms with Crippen molar-refractivity contribution in [1.29, 1.82) is 0 Å². The fourth-order valence-electron chi connectivity index (χ4n) is 2.53. The number of para-hydroxylation sites is 1. The highest BCUT2D eigenvalue weighted by atomic mass is 35.5. The van der Waals surface area contributed by atoms with E-state index in [4.69, 9.17) is 21.1 Å². The third-order valence-electron chi connectivity index (χ3n) is 3.96. The Morgan fingerprint density at radius 3 is 2.54 bits per heavy atom. The minimum Gasteiger partial charge on any atom is -0.493 e. The van der Waals surface area contributed by atoms with Crippen LogP contribution in [0.25, 0.3) is 0 Å². The van der Waals surface area contributed by atoms with Gasteiger partial charge in [0.2, 0.25) is 0 Å². The molecule has 1 amide bonds. The molecule has 0 aliphatic rings. The maximum atomic E-state index is 12.1. The van der Waals surface area contributed by atoms with E-state index in [9.17, 15) is 4.79 Å². The molecule has 0 saturated heterocycles. The molecule has 0 atom stereocenters. The number of hydrogen-bond donors (Lipinski definition) is 1. The summed E-state index contributed by atoms with van der Waals surface area (Å²) in [5, 5.41) is 4.67. The van der Waals surface area contributed by atoms with E-state index in [1.54, 1.807) is 37.4 Å². The van der Waals surface area contributed by atoms with Crippen molar-refractivity contribution in [3.63, 3.8) is 0 Å². The van der Waals surface area contributed by atoms with Gasteiger partial charge in [-0.1, -0.05) is 54.1 Å². The first-order valence-corrected chi connectivity index (χ1v) is 8.98. The zero-order chi connectivity index (χ0) is 19.8. The Labute approximate surface area is 168 Å². The number of carbonyl (C=O) groups excluding carboxylic acids is 1. The quantitative estimate of drug-likeness (QED) is 0.467. The van der Waals surface area contributed by atoms with Gasteiger partial charge in [-0.25, -0.2) is 5.43 Å². The summed E-state index contributed by atoms with van der Waals surface area (Å²) >= 11 is 6.20. The number of methoxy groups -OCH3 is 1. The van der Waals surface area contributed by atoms with Crippen LogP contribution in [0.3, 0.4) is 0 Å². The first-order valence-electron chi connectivity index (χ1n) is 8.60. The lowest BCUT2D eigenvalue weighted by Crippen LogP contribution is -2.17. The molecule has 0 aromatic heterocycles. The Morgan fingerprint density at radius 2 is 1.79 bits per heavy atom. The highest BCUT2D eigenvalue weighted by molar-refractivity contribution is 6.31. The number of nitrogens with zero attached hydrogens (tertiary/aromatic N) is 1. The van der Waals surface area contributed by atoms with Gasteiger partial charge in [0.1, 0.15) is 6.61 Å². The number of nitrogens with one attached hydrogen (secondary N) is 1. The topological polar surface area (TPSA) is 59.9 Å². The summed E-state index contributed by atoms with van der Waals surface area (Å²) in [7, 11) is 1.57. The van der Waals surface area contributed by atoms with Crippen LogP contribution < -0.4 is 14.9 Å². The van der Waals surface area contributed by atoms with Crippen LogP contribution in [0.4, 0.5) is 0 Å². The van der Waals surface area contributed by atoms with Gasteiger partial charge in [0.15, 0.2) is 11.5 Å². The second kappa shape index (κ2) is 9.58. The summed E-state index contributed by atoms with van der Waals surface area (Å²) in [6.07, 6.45) is 1.52. The fourth-order valence-corrected chi connectivity index (χ4v) is 2.72. The first-order chi connectivity index (χ1) is 13.7. The molecule has 28 heavy (non-hydrogen) atoms. The van der Waals surface area contributed by atoms with Crippen LogP contribution >= 0.6 is 11.6 Å². The predicted octanol–water partition coefficient (Wildman–Crippen LogP) is 4.69. The van der Waals surface area contributed by atoms with E-state index in [1.807, 2.05) is 42.5 Å². The van der Waals surface area contributed by atoms with E-state index in [2.05, 4.69) is 10.5 Å². The molecule has 0 radical (unpaired) electrons. The molecule has 0 spiro atoms. The van der Waals surface area contributed by atoms with Gasteiger partial charge < -0.3 is 9.47 Å². The number of carbonyl (C=O) groups is 1. The largest absolute Gasteiger partial charge is 0.493 e. The molecule has 1 N–H and O–H groups in total. The summed E-state index contributed by atoms with van der Waals surface area (Å²) < 4.78 is 11.3. The summed E-state index contributed by atoms with van der Waals surface area (Å²) in [5.74, 6) is 0.784. The average molecular weight is 395 g/mol. The lowest BCUT2D eigenvalue weighted by atomic mass is 10.2. The van der Waals surface area contributed by atoms with Gasteiger partial charge in [0.25, 0.3) is 5.91 Å². The standard InChI is InChI=1S/C22H19ClN2O3/c1-27-20-13-7-11-17(14-24-25-22(26)16-8-3-2-4-9-16)21(20)28-15-18-10-5-6-12-19(18)23/h2-14H,15H2,1H3,(H,25,26)/b24-14+. The minimum atomic E-state index is -0.293. The SMILES string of the molecule is COc1cccc(/C=N/NC(=O)c2ccccc2)c1OCc1ccccc1Cl. The van der Waals surface area contributed by atoms with Crippen LogP contribution in [0.5, 0.6) is 11.5 Å². The molecule has 0 aliphatic heterocycles. The summed E-state index contributed by atoms with van der Waals surface area (Å²) in [5.41, 5.74) is 4.56. The molecule has 0 bridgehead atoms. The molecule has 0 aliphatic carbocycles. The minimum absolute atomic E-state index is 0.275. The summed E-state index contributed by atoms with van der Waals surface area (Å²) in [4.78, 5) is 12.1. The Kier molecular flexibility index (Phi) is 6.65. The van der Waals surface area contributed by atoms with Crippen LogP contribution in [-0.4, -0.2) is 19.2 Å². The van der Waals surface area contributed by atoms with Crippen molar-refractivity contribution in [1.82, 2.24) is 5.43 Å². The number of amides is 1. The zero-order valence-electron chi connectivity index (χ0n) is 15.3. The van der Waals surface area contributed by atoms with Crippen molar-refractivity contribution in [2.24, 2.45) is 5.10 Å². The van der Waals surface area contributed by atoms with Crippen LogP contribution in [0.15, 0.2) is 77.9 Å². The number of halogens is 1. The second-order valence-electron chi connectivity index (χ2n) is 5.82. The van der Waals surface area contributed by atoms with E-state index in [-0.39, 0.29) is 12.5 Å². The normalized spacial score (nSPS) is 10.6. The molecule has 3 rings (SSSR count). The van der Waals surface area contributed by atoms with Crippen molar-refractivity contribution >= 4 is 23.7 Å². The highest BCUT2D eigenvalue weighted by Crippen LogP contribution is 2.31. The molecule has 0 heterocycles. The molecular formula is C22H19ClN2O3. The Morgan fingerprint density at radius 1 is 1.04 bits per heavy atom. The fraction of sp³-hybridized carbons (Fsp3) is 0.0909. The third-order valence-corrected chi connectivity index (χ3v) is 4.33. The van der Waals surface area contributed by atoms with Gasteiger partial charge in [-0.3, -0.25) is 4.79 Å². The lowest BCUT2D eigenvalue weighted by molar-refractivity contribution is 0.0955. The number of hydrogen-bond acceptors (Lipinski definition) is 4. The van der Waals surface area contributed by atoms with Crippen LogP contribution in [-0.2, 0) is 6.61 Å². The number of ether oxygens (including phenoxy) is 2. The van der Waals surface area contributed by atoms with Crippen molar-refractivity contribution < 1.29 is 14.3 Å². The van der Waals surface area contributed by atoms with E-state index < -0.39 is 0 Å². The maximum Gasteiger partial charge on any atom is 0.271 e. The highest BCUT2D eigenvalue weighted by Gasteiger charge is 2.11. The van der Waals surface area contributed by atoms with E-state index >= 15 is 0 Å². The van der Waals surface area contributed by atoms with E-state index in [1.165, 1.54) is 6.21 Å². The van der Waals surface area contributed by atoms with Gasteiger partial charge in [0.05, 0.1) is 13.3 Å². The summed E-state index contributed by atoms with van der Waals surface area (Å²) in [6.45, 7) is 0.275. The number of benzene rings is 3. The van der Waals surface area contributed by atoms with Crippen molar-refractivity contribution in [2.75, 3.05) is 7.11 Å². The third kappa shape index (κ3) is 4.90. The molecule has 142 valence electrons. The molecular weight excluding hydrogens is 376 g/mol. The maximum absolute atomic E-state index is 12.1. The first kappa shape index (κ1) is 19.5. The van der Waals surface area contributed by atoms with E-state index in [0.717, 1.165) is 5.56 Å². The van der Waals surface area contributed by atoms with Crippen molar-refractivity contribution in [3.05, 3.63) is 94.5 Å². The van der Waals surface area contributed by atoms with Gasteiger partial charge in [-0.05, 0) is 30.3 Å². The molecule has 0 saturated carbocycles. The summed E-state index contributed by atoms with van der Waals surface area (Å²) in [6, 6.07) is 21.8. The van der Waals surface area contributed by atoms with Crippen LogP contribution in [0.2, 0.25) is 5.02 Å². The average Bonchev–Trinajstić information content (AvgIpc) is 2.74. The Bertz CT molecular complexity index is 975. The van der Waals surface area contributed by atoms with Crippen LogP contribution in [0, 0.1) is 0 Å². The predicted molar refractivity (Wildman–Crippen MR) is 110 cm³/mol. The zero-order valence-corrected chi connectivity index (χ0v) is 16.0. The molecule has 3 aromatic carbocycles. The lowest BCUT2D eigenvalue weighted by Gasteiger charge is -2.13. The van der Waals surface area contributed by atoms with Gasteiger partial charge >= 0.3 is 0 Å². The molecule has 5 nitrogen and oxygen atoms in total. The molecule has 0 fully saturated rings. The van der Waals surface area contributed by atoms with Crippen LogP contribution in [0.1, 0.15) is 21.5 Å². The molecule has 0 unspecified atom stereocenters.